The molecular weight excluding hydrogens is 252 g/mol. The second kappa shape index (κ2) is 4.58. The molecule has 1 heterocycles. The van der Waals surface area contributed by atoms with E-state index in [0.717, 1.165) is 12.1 Å². The van der Waals surface area contributed by atoms with E-state index in [2.05, 4.69) is 5.32 Å². The molecule has 2 unspecified atom stereocenters. The van der Waals surface area contributed by atoms with Crippen molar-refractivity contribution in [1.82, 2.24) is 5.32 Å². The second-order valence-corrected chi connectivity index (χ2v) is 4.37. The molecule has 0 radical (unpaired) electrons. The van der Waals surface area contributed by atoms with Crippen LogP contribution in [0.2, 0.25) is 5.02 Å². The molecular formula is C11H10ClF2NO2. The van der Waals surface area contributed by atoms with Gasteiger partial charge in [-0.2, -0.15) is 0 Å². The molecule has 6 heteroatoms. The summed E-state index contributed by atoms with van der Waals surface area (Å²) in [6, 6.07) is 1.39. The highest BCUT2D eigenvalue weighted by molar-refractivity contribution is 6.31. The van der Waals surface area contributed by atoms with E-state index in [1.54, 1.807) is 0 Å². The minimum absolute atomic E-state index is 0.00965. The summed E-state index contributed by atoms with van der Waals surface area (Å²) in [5, 5.41) is 11.4. The standard InChI is InChI=1S/C11H10ClF2NO2/c12-10-7(14)2-1-6(13)9(10)8-3-5(4-15-8)11(16)17/h1-2,5,8,15H,3-4H2,(H,16,17). The van der Waals surface area contributed by atoms with Crippen LogP contribution in [0.1, 0.15) is 18.0 Å². The number of hydrogen-bond acceptors (Lipinski definition) is 2. The van der Waals surface area contributed by atoms with Crippen LogP contribution in [0.25, 0.3) is 0 Å². The van der Waals surface area contributed by atoms with Gasteiger partial charge >= 0.3 is 5.97 Å². The first kappa shape index (κ1) is 12.3. The van der Waals surface area contributed by atoms with Gasteiger partial charge in [0.2, 0.25) is 0 Å². The second-order valence-electron chi connectivity index (χ2n) is 3.99. The molecule has 1 fully saturated rings. The summed E-state index contributed by atoms with van der Waals surface area (Å²) < 4.78 is 26.8. The monoisotopic (exact) mass is 261 g/mol. The van der Waals surface area contributed by atoms with Crippen molar-refractivity contribution in [1.29, 1.82) is 0 Å². The number of carboxylic acid groups (broad SMARTS) is 1. The van der Waals surface area contributed by atoms with E-state index in [4.69, 9.17) is 16.7 Å². The van der Waals surface area contributed by atoms with Gasteiger partial charge in [0.05, 0.1) is 10.9 Å². The summed E-state index contributed by atoms with van der Waals surface area (Å²) in [4.78, 5) is 10.8. The summed E-state index contributed by atoms with van der Waals surface area (Å²) >= 11 is 5.70. The van der Waals surface area contributed by atoms with Crippen LogP contribution in [0, 0.1) is 17.6 Å². The van der Waals surface area contributed by atoms with Gasteiger partial charge in [-0.15, -0.1) is 0 Å². The number of nitrogens with one attached hydrogen (secondary N) is 1. The van der Waals surface area contributed by atoms with Gasteiger partial charge in [-0.05, 0) is 18.6 Å². The third-order valence-corrected chi connectivity index (χ3v) is 3.29. The molecule has 0 bridgehead atoms. The molecule has 1 aliphatic heterocycles. The van der Waals surface area contributed by atoms with Crippen molar-refractivity contribution in [2.75, 3.05) is 6.54 Å². The lowest BCUT2D eigenvalue weighted by atomic mass is 9.99. The summed E-state index contributed by atoms with van der Waals surface area (Å²) in [6.45, 7) is 0.228. The summed E-state index contributed by atoms with van der Waals surface area (Å²) in [6.07, 6.45) is 0.204. The molecule has 0 aliphatic carbocycles. The molecule has 0 aromatic heterocycles. The molecule has 0 saturated carbocycles. The minimum Gasteiger partial charge on any atom is -0.481 e. The molecule has 3 nitrogen and oxygen atoms in total. The smallest absolute Gasteiger partial charge is 0.307 e. The summed E-state index contributed by atoms with van der Waals surface area (Å²) in [7, 11) is 0. The van der Waals surface area contributed by atoms with Crippen molar-refractivity contribution in [2.24, 2.45) is 5.92 Å². The first-order chi connectivity index (χ1) is 8.00. The normalized spacial score (nSPS) is 23.9. The van der Waals surface area contributed by atoms with Crippen LogP contribution >= 0.6 is 11.6 Å². The van der Waals surface area contributed by atoms with Gasteiger partial charge in [0.1, 0.15) is 11.6 Å². The van der Waals surface area contributed by atoms with E-state index in [9.17, 15) is 13.6 Å². The molecule has 2 rings (SSSR count). The number of carbonyl (C=O) groups is 1. The van der Waals surface area contributed by atoms with E-state index in [1.165, 1.54) is 0 Å². The number of carboxylic acids is 1. The van der Waals surface area contributed by atoms with E-state index in [1.807, 2.05) is 0 Å². The van der Waals surface area contributed by atoms with Gasteiger partial charge in [-0.25, -0.2) is 8.78 Å². The van der Waals surface area contributed by atoms with Crippen molar-refractivity contribution < 1.29 is 18.7 Å². The molecule has 0 spiro atoms. The van der Waals surface area contributed by atoms with Crippen LogP contribution < -0.4 is 5.32 Å². The molecule has 1 aromatic carbocycles. The number of benzene rings is 1. The average Bonchev–Trinajstić information content (AvgIpc) is 2.73. The Morgan fingerprint density at radius 1 is 1.41 bits per heavy atom. The fraction of sp³-hybridized carbons (Fsp3) is 0.364. The lowest BCUT2D eigenvalue weighted by Gasteiger charge is -2.14. The first-order valence-electron chi connectivity index (χ1n) is 5.10. The Hall–Kier alpha value is -1.20. The predicted octanol–water partition coefficient (Wildman–Crippen LogP) is 2.35. The fourth-order valence-corrected chi connectivity index (χ4v) is 2.29. The Morgan fingerprint density at radius 2 is 2.06 bits per heavy atom. The minimum atomic E-state index is -0.951. The largest absolute Gasteiger partial charge is 0.481 e. The van der Waals surface area contributed by atoms with Crippen molar-refractivity contribution in [3.8, 4) is 0 Å². The number of rotatable bonds is 2. The molecule has 92 valence electrons. The van der Waals surface area contributed by atoms with Crippen LogP contribution in [0.15, 0.2) is 12.1 Å². The lowest BCUT2D eigenvalue weighted by Crippen LogP contribution is -2.18. The Bertz CT molecular complexity index is 467. The Labute approximate surface area is 101 Å². The Balaban J connectivity index is 2.30. The molecule has 1 aromatic rings. The van der Waals surface area contributed by atoms with Crippen LogP contribution in [0.5, 0.6) is 0 Å². The molecule has 1 saturated heterocycles. The maximum Gasteiger partial charge on any atom is 0.307 e. The van der Waals surface area contributed by atoms with Crippen LogP contribution in [0.3, 0.4) is 0 Å². The average molecular weight is 262 g/mol. The van der Waals surface area contributed by atoms with Crippen LogP contribution in [-0.4, -0.2) is 17.6 Å². The third kappa shape index (κ3) is 2.25. The van der Waals surface area contributed by atoms with Crippen molar-refractivity contribution in [3.05, 3.63) is 34.4 Å². The third-order valence-electron chi connectivity index (χ3n) is 2.91. The van der Waals surface area contributed by atoms with Gasteiger partial charge in [0.15, 0.2) is 0 Å². The first-order valence-corrected chi connectivity index (χ1v) is 5.48. The zero-order valence-electron chi connectivity index (χ0n) is 8.71. The van der Waals surface area contributed by atoms with Crippen LogP contribution in [0.4, 0.5) is 8.78 Å². The zero-order chi connectivity index (χ0) is 12.6. The Morgan fingerprint density at radius 3 is 2.65 bits per heavy atom. The van der Waals surface area contributed by atoms with Gasteiger partial charge in [0.25, 0.3) is 0 Å². The molecule has 17 heavy (non-hydrogen) atoms. The topological polar surface area (TPSA) is 49.3 Å². The van der Waals surface area contributed by atoms with E-state index in [-0.39, 0.29) is 23.6 Å². The number of hydrogen-bond donors (Lipinski definition) is 2. The van der Waals surface area contributed by atoms with Crippen molar-refractivity contribution in [3.63, 3.8) is 0 Å². The van der Waals surface area contributed by atoms with Gasteiger partial charge < -0.3 is 10.4 Å². The van der Waals surface area contributed by atoms with Gasteiger partial charge in [0, 0.05) is 18.2 Å². The van der Waals surface area contributed by atoms with E-state index >= 15 is 0 Å². The van der Waals surface area contributed by atoms with Gasteiger partial charge in [-0.1, -0.05) is 11.6 Å². The fourth-order valence-electron chi connectivity index (χ4n) is 2.01. The maximum atomic E-state index is 13.6. The van der Waals surface area contributed by atoms with Crippen LogP contribution in [-0.2, 0) is 4.79 Å². The molecule has 1 aliphatic rings. The molecule has 2 atom stereocenters. The SMILES string of the molecule is O=C(O)C1CNC(c2c(F)ccc(F)c2Cl)C1. The summed E-state index contributed by atoms with van der Waals surface area (Å²) in [5.41, 5.74) is 0.00965. The highest BCUT2D eigenvalue weighted by Crippen LogP contribution is 2.34. The Kier molecular flexibility index (Phi) is 3.31. The number of aliphatic carboxylic acids is 1. The van der Waals surface area contributed by atoms with Crippen molar-refractivity contribution >= 4 is 17.6 Å². The van der Waals surface area contributed by atoms with Gasteiger partial charge in [-0.3, -0.25) is 4.79 Å². The predicted molar refractivity (Wildman–Crippen MR) is 57.9 cm³/mol. The van der Waals surface area contributed by atoms with E-state index < -0.39 is 29.6 Å². The van der Waals surface area contributed by atoms with E-state index in [0.29, 0.717) is 0 Å². The zero-order valence-corrected chi connectivity index (χ0v) is 9.47. The van der Waals surface area contributed by atoms with Crippen molar-refractivity contribution in [2.45, 2.75) is 12.5 Å². The highest BCUT2D eigenvalue weighted by Gasteiger charge is 2.33. The molecule has 0 amide bonds. The molecule has 2 N–H and O–H groups in total. The maximum absolute atomic E-state index is 13.6. The quantitative estimate of drug-likeness (QED) is 0.804. The highest BCUT2D eigenvalue weighted by atomic mass is 35.5. The number of halogens is 3. The summed E-state index contributed by atoms with van der Waals surface area (Å²) in [5.74, 6) is -2.88. The lowest BCUT2D eigenvalue weighted by molar-refractivity contribution is -0.141.